The molecule has 2 heteroatoms. The Balaban J connectivity index is 2.07. The molecule has 0 aromatic rings. The van der Waals surface area contributed by atoms with Crippen molar-refractivity contribution in [2.75, 3.05) is 7.11 Å². The van der Waals surface area contributed by atoms with Gasteiger partial charge in [-0.15, -0.1) is 0 Å². The predicted molar refractivity (Wildman–Crippen MR) is 29.0 cm³/mol. The molecule has 0 aliphatic heterocycles. The first-order valence-corrected chi connectivity index (χ1v) is 2.76. The molecule has 0 bridgehead atoms. The van der Waals surface area contributed by atoms with Crippen LogP contribution in [0.3, 0.4) is 0 Å². The van der Waals surface area contributed by atoms with Crippen LogP contribution < -0.4 is 0 Å². The van der Waals surface area contributed by atoms with Gasteiger partial charge < -0.3 is 4.74 Å². The summed E-state index contributed by atoms with van der Waals surface area (Å²) < 4.78 is 4.41. The normalized spacial score (nSPS) is 18.1. The molecule has 0 N–H and O–H groups in total. The van der Waals surface area contributed by atoms with Gasteiger partial charge in [-0.3, -0.25) is 4.79 Å². The van der Waals surface area contributed by atoms with Crippen LogP contribution in [-0.2, 0) is 9.53 Å². The topological polar surface area (TPSA) is 26.3 Å². The van der Waals surface area contributed by atoms with Gasteiger partial charge in [-0.05, 0) is 18.8 Å². The molecule has 45 valence electrons. The van der Waals surface area contributed by atoms with Crippen molar-refractivity contribution in [1.82, 2.24) is 0 Å². The van der Waals surface area contributed by atoms with Crippen LogP contribution in [0.4, 0.5) is 0 Å². The summed E-state index contributed by atoms with van der Waals surface area (Å²) >= 11 is 0. The zero-order valence-electron chi connectivity index (χ0n) is 4.89. The maximum atomic E-state index is 10.4. The minimum absolute atomic E-state index is 0.187. The van der Waals surface area contributed by atoms with E-state index in [0.29, 0.717) is 5.92 Å². The summed E-state index contributed by atoms with van der Waals surface area (Å²) in [7, 11) is 1.40. The average molecular weight is 113 g/mol. The number of carbonyl (C=O) groups excluding carboxylic acids is 1. The number of rotatable bonds is 2. The summed E-state index contributed by atoms with van der Waals surface area (Å²) in [4.78, 5) is 10.4. The molecule has 0 saturated heterocycles. The number of carbonyl (C=O) groups is 1. The molecule has 0 heterocycles. The lowest BCUT2D eigenvalue weighted by Gasteiger charge is -1.92. The Bertz CT molecular complexity index is 94.7. The van der Waals surface area contributed by atoms with Gasteiger partial charge in [0.15, 0.2) is 0 Å². The van der Waals surface area contributed by atoms with Gasteiger partial charge in [0.05, 0.1) is 13.5 Å². The highest BCUT2D eigenvalue weighted by Gasteiger charge is 2.24. The molecule has 2 nitrogen and oxygen atoms in total. The van der Waals surface area contributed by atoms with E-state index in [9.17, 15) is 4.79 Å². The first kappa shape index (κ1) is 5.60. The molecule has 0 amide bonds. The number of ether oxygens (including phenoxy) is 1. The van der Waals surface area contributed by atoms with Crippen molar-refractivity contribution in [3.63, 3.8) is 0 Å². The van der Waals surface area contributed by atoms with E-state index in [1.807, 2.05) is 0 Å². The van der Waals surface area contributed by atoms with Gasteiger partial charge in [-0.25, -0.2) is 0 Å². The van der Waals surface area contributed by atoms with Crippen LogP contribution in [0.5, 0.6) is 0 Å². The fraction of sp³-hybridized carbons (Fsp3) is 0.667. The maximum Gasteiger partial charge on any atom is 0.309 e. The second-order valence-corrected chi connectivity index (χ2v) is 2.03. The third-order valence-corrected chi connectivity index (χ3v) is 1.19. The van der Waals surface area contributed by atoms with Crippen molar-refractivity contribution in [2.45, 2.75) is 12.8 Å². The van der Waals surface area contributed by atoms with E-state index in [4.69, 9.17) is 0 Å². The molecule has 1 aliphatic rings. The zero-order valence-corrected chi connectivity index (χ0v) is 4.89. The zero-order chi connectivity index (χ0) is 5.98. The minimum atomic E-state index is -0.187. The van der Waals surface area contributed by atoms with Crippen LogP contribution >= 0.6 is 0 Å². The quantitative estimate of drug-likeness (QED) is 0.494. The van der Waals surface area contributed by atoms with Gasteiger partial charge in [0, 0.05) is 0 Å². The molecule has 1 radical (unpaired) electrons. The Labute approximate surface area is 48.8 Å². The average Bonchev–Trinajstić information content (AvgIpc) is 2.50. The van der Waals surface area contributed by atoms with Crippen LogP contribution in [0.2, 0.25) is 0 Å². The molecule has 1 aliphatic carbocycles. The monoisotopic (exact) mass is 113 g/mol. The van der Waals surface area contributed by atoms with Crippen molar-refractivity contribution in [3.8, 4) is 0 Å². The first-order chi connectivity index (χ1) is 3.83. The van der Waals surface area contributed by atoms with Gasteiger partial charge in [-0.2, -0.15) is 0 Å². The van der Waals surface area contributed by atoms with Gasteiger partial charge in [0.2, 0.25) is 0 Å². The van der Waals surface area contributed by atoms with E-state index >= 15 is 0 Å². The smallest absolute Gasteiger partial charge is 0.309 e. The second-order valence-electron chi connectivity index (χ2n) is 2.03. The number of methoxy groups -OCH3 is 1. The van der Waals surface area contributed by atoms with Crippen LogP contribution in [0.25, 0.3) is 0 Å². The number of hydrogen-bond acceptors (Lipinski definition) is 2. The molecule has 0 unspecified atom stereocenters. The van der Waals surface area contributed by atoms with E-state index in [2.05, 4.69) is 4.74 Å². The third kappa shape index (κ3) is 1.52. The molecular formula is C6H9O2. The Kier molecular flexibility index (Phi) is 1.51. The van der Waals surface area contributed by atoms with Gasteiger partial charge in [0.1, 0.15) is 0 Å². The molecule has 0 spiro atoms. The van der Waals surface area contributed by atoms with Crippen molar-refractivity contribution < 1.29 is 9.53 Å². The summed E-state index contributed by atoms with van der Waals surface area (Å²) in [5, 5.41) is 0. The molecule has 0 atom stereocenters. The highest BCUT2D eigenvalue weighted by atomic mass is 16.5. The van der Waals surface area contributed by atoms with E-state index in [-0.39, 0.29) is 5.97 Å². The summed E-state index contributed by atoms with van der Waals surface area (Å²) in [6, 6.07) is 0. The van der Waals surface area contributed by atoms with Crippen molar-refractivity contribution in [3.05, 3.63) is 6.42 Å². The van der Waals surface area contributed by atoms with Crippen LogP contribution in [0.1, 0.15) is 12.8 Å². The lowest BCUT2D eigenvalue weighted by Crippen LogP contribution is -2.01. The highest BCUT2D eigenvalue weighted by Crippen LogP contribution is 2.31. The Morgan fingerprint density at radius 2 is 2.38 bits per heavy atom. The van der Waals surface area contributed by atoms with E-state index in [1.54, 1.807) is 6.42 Å². The fourth-order valence-electron chi connectivity index (χ4n) is 0.523. The maximum absolute atomic E-state index is 10.4. The Morgan fingerprint density at radius 3 is 2.75 bits per heavy atom. The predicted octanol–water partition coefficient (Wildman–Crippen LogP) is 0.774. The minimum Gasteiger partial charge on any atom is -0.469 e. The molecule has 0 aromatic carbocycles. The number of esters is 1. The van der Waals surface area contributed by atoms with Crippen LogP contribution in [0.15, 0.2) is 0 Å². The standard InChI is InChI=1S/C6H9O2/c1-8-6(7)4-5-2-3-5/h4-5H,2-3H2,1H3. The third-order valence-electron chi connectivity index (χ3n) is 1.19. The highest BCUT2D eigenvalue weighted by molar-refractivity contribution is 5.79. The SMILES string of the molecule is COC(=O)[CH]C1CC1. The van der Waals surface area contributed by atoms with E-state index in [1.165, 1.54) is 7.11 Å². The van der Waals surface area contributed by atoms with Gasteiger partial charge in [0.25, 0.3) is 0 Å². The Hall–Kier alpha value is -0.530. The lowest BCUT2D eigenvalue weighted by atomic mass is 10.3. The second kappa shape index (κ2) is 2.16. The lowest BCUT2D eigenvalue weighted by molar-refractivity contribution is -0.136. The van der Waals surface area contributed by atoms with Crippen molar-refractivity contribution in [1.29, 1.82) is 0 Å². The summed E-state index contributed by atoms with van der Waals surface area (Å²) in [5.74, 6) is 0.343. The molecule has 1 rings (SSSR count). The van der Waals surface area contributed by atoms with Gasteiger partial charge >= 0.3 is 5.97 Å². The summed E-state index contributed by atoms with van der Waals surface area (Å²) in [6.07, 6.45) is 3.96. The molecule has 1 saturated carbocycles. The van der Waals surface area contributed by atoms with Crippen LogP contribution in [-0.4, -0.2) is 13.1 Å². The van der Waals surface area contributed by atoms with E-state index < -0.39 is 0 Å². The molecular weight excluding hydrogens is 104 g/mol. The molecule has 0 aromatic heterocycles. The van der Waals surface area contributed by atoms with E-state index in [0.717, 1.165) is 12.8 Å². The van der Waals surface area contributed by atoms with Gasteiger partial charge in [-0.1, -0.05) is 0 Å². The van der Waals surface area contributed by atoms with Crippen LogP contribution in [0, 0.1) is 12.3 Å². The molecule has 8 heavy (non-hydrogen) atoms. The fourth-order valence-corrected chi connectivity index (χ4v) is 0.523. The molecule has 1 fully saturated rings. The summed E-state index contributed by atoms with van der Waals surface area (Å²) in [5.41, 5.74) is 0. The Morgan fingerprint density at radius 1 is 1.75 bits per heavy atom. The van der Waals surface area contributed by atoms with Crippen molar-refractivity contribution in [2.24, 2.45) is 5.92 Å². The van der Waals surface area contributed by atoms with Crippen molar-refractivity contribution >= 4 is 5.97 Å². The summed E-state index contributed by atoms with van der Waals surface area (Å²) in [6.45, 7) is 0. The first-order valence-electron chi connectivity index (χ1n) is 2.76. The number of hydrogen-bond donors (Lipinski definition) is 0. The largest absolute Gasteiger partial charge is 0.469 e.